The standard InChI is InChI=1S/C14H20N2S/c1-10(2)12-6-4-5-7-13(12)16-8-11(3)9-17-14(16)15/h4-7,10-11,15H,8-9H2,1-3H3. The van der Waals surface area contributed by atoms with Crippen LogP contribution in [-0.2, 0) is 0 Å². The largest absolute Gasteiger partial charge is 0.321 e. The second kappa shape index (κ2) is 5.13. The Morgan fingerprint density at radius 3 is 2.76 bits per heavy atom. The summed E-state index contributed by atoms with van der Waals surface area (Å²) in [5.74, 6) is 2.22. The zero-order valence-corrected chi connectivity index (χ0v) is 11.6. The molecule has 3 heteroatoms. The van der Waals surface area contributed by atoms with Crippen molar-refractivity contribution in [1.29, 1.82) is 5.41 Å². The smallest absolute Gasteiger partial charge is 0.160 e. The number of nitrogens with zero attached hydrogens (tertiary/aromatic N) is 1. The first kappa shape index (κ1) is 12.5. The van der Waals surface area contributed by atoms with Gasteiger partial charge in [0.05, 0.1) is 0 Å². The molecule has 0 radical (unpaired) electrons. The fraction of sp³-hybridized carbons (Fsp3) is 0.500. The molecule has 1 heterocycles. The monoisotopic (exact) mass is 248 g/mol. The average molecular weight is 248 g/mol. The third kappa shape index (κ3) is 2.65. The average Bonchev–Trinajstić information content (AvgIpc) is 2.32. The molecule has 0 amide bonds. The molecule has 1 aliphatic rings. The quantitative estimate of drug-likeness (QED) is 0.858. The number of anilines is 1. The van der Waals surface area contributed by atoms with E-state index in [1.165, 1.54) is 11.3 Å². The molecule has 1 atom stereocenters. The number of para-hydroxylation sites is 1. The molecule has 0 saturated carbocycles. The molecule has 1 saturated heterocycles. The summed E-state index contributed by atoms with van der Waals surface area (Å²) in [7, 11) is 0. The number of benzene rings is 1. The Morgan fingerprint density at radius 1 is 1.35 bits per heavy atom. The van der Waals surface area contributed by atoms with Crippen molar-refractivity contribution in [1.82, 2.24) is 0 Å². The van der Waals surface area contributed by atoms with Crippen LogP contribution in [-0.4, -0.2) is 17.5 Å². The maximum Gasteiger partial charge on any atom is 0.160 e. The summed E-state index contributed by atoms with van der Waals surface area (Å²) >= 11 is 1.66. The highest BCUT2D eigenvalue weighted by atomic mass is 32.2. The van der Waals surface area contributed by atoms with Gasteiger partial charge in [0, 0.05) is 18.0 Å². The molecule has 1 unspecified atom stereocenters. The lowest BCUT2D eigenvalue weighted by Gasteiger charge is -2.34. The van der Waals surface area contributed by atoms with Crippen molar-refractivity contribution >= 4 is 22.6 Å². The Morgan fingerprint density at radius 2 is 2.06 bits per heavy atom. The molecule has 0 aromatic heterocycles. The van der Waals surface area contributed by atoms with Gasteiger partial charge < -0.3 is 4.90 Å². The summed E-state index contributed by atoms with van der Waals surface area (Å²) in [5, 5.41) is 8.79. The van der Waals surface area contributed by atoms with E-state index in [2.05, 4.69) is 49.9 Å². The number of hydrogen-bond acceptors (Lipinski definition) is 2. The molecule has 17 heavy (non-hydrogen) atoms. The maximum atomic E-state index is 8.10. The summed E-state index contributed by atoms with van der Waals surface area (Å²) in [4.78, 5) is 2.16. The van der Waals surface area contributed by atoms with Crippen LogP contribution >= 0.6 is 11.8 Å². The van der Waals surface area contributed by atoms with Gasteiger partial charge in [-0.25, -0.2) is 0 Å². The van der Waals surface area contributed by atoms with Crippen LogP contribution in [0.3, 0.4) is 0 Å². The number of nitrogens with one attached hydrogen (secondary N) is 1. The third-order valence-electron chi connectivity index (χ3n) is 3.09. The maximum absolute atomic E-state index is 8.10. The summed E-state index contributed by atoms with van der Waals surface area (Å²) in [6, 6.07) is 8.47. The molecule has 1 aromatic carbocycles. The zero-order chi connectivity index (χ0) is 12.4. The molecule has 2 nitrogen and oxygen atoms in total. The van der Waals surface area contributed by atoms with Crippen molar-refractivity contribution in [3.05, 3.63) is 29.8 Å². The van der Waals surface area contributed by atoms with Gasteiger partial charge in [-0.15, -0.1) is 0 Å². The van der Waals surface area contributed by atoms with Gasteiger partial charge in [-0.05, 0) is 23.5 Å². The van der Waals surface area contributed by atoms with Crippen LogP contribution in [0.15, 0.2) is 24.3 Å². The Hall–Kier alpha value is -0.960. The molecule has 0 bridgehead atoms. The summed E-state index contributed by atoms with van der Waals surface area (Å²) in [5.41, 5.74) is 2.55. The van der Waals surface area contributed by atoms with Crippen LogP contribution < -0.4 is 4.90 Å². The van der Waals surface area contributed by atoms with Gasteiger partial charge in [-0.1, -0.05) is 50.7 Å². The van der Waals surface area contributed by atoms with Crippen molar-refractivity contribution in [3.63, 3.8) is 0 Å². The van der Waals surface area contributed by atoms with E-state index in [1.807, 2.05) is 0 Å². The van der Waals surface area contributed by atoms with Crippen molar-refractivity contribution in [2.75, 3.05) is 17.2 Å². The normalized spacial score (nSPS) is 21.1. The predicted octanol–water partition coefficient (Wildman–Crippen LogP) is 3.93. The van der Waals surface area contributed by atoms with E-state index in [-0.39, 0.29) is 0 Å². The van der Waals surface area contributed by atoms with Crippen molar-refractivity contribution in [3.8, 4) is 0 Å². The van der Waals surface area contributed by atoms with E-state index in [9.17, 15) is 0 Å². The second-order valence-corrected chi connectivity index (χ2v) is 6.05. The molecule has 1 N–H and O–H groups in total. The van der Waals surface area contributed by atoms with Gasteiger partial charge in [0.1, 0.15) is 0 Å². The first-order valence-corrected chi connectivity index (χ1v) is 7.16. The fourth-order valence-corrected chi connectivity index (χ4v) is 3.05. The summed E-state index contributed by atoms with van der Waals surface area (Å²) < 4.78 is 0. The Balaban J connectivity index is 2.35. The van der Waals surface area contributed by atoms with E-state index in [1.54, 1.807) is 11.8 Å². The minimum atomic E-state index is 0.501. The lowest BCUT2D eigenvalue weighted by atomic mass is 10.00. The number of hydrogen-bond donors (Lipinski definition) is 1. The molecule has 0 aliphatic carbocycles. The van der Waals surface area contributed by atoms with Crippen molar-refractivity contribution in [2.24, 2.45) is 5.92 Å². The van der Waals surface area contributed by atoms with E-state index < -0.39 is 0 Å². The topological polar surface area (TPSA) is 27.1 Å². The molecule has 92 valence electrons. The Bertz CT molecular complexity index is 414. The molecule has 1 aliphatic heterocycles. The van der Waals surface area contributed by atoms with Crippen LogP contribution in [0.5, 0.6) is 0 Å². The number of thioether (sulfide) groups is 1. The van der Waals surface area contributed by atoms with E-state index >= 15 is 0 Å². The molecular weight excluding hydrogens is 228 g/mol. The fourth-order valence-electron chi connectivity index (χ4n) is 2.18. The molecular formula is C14H20N2S. The molecule has 0 spiro atoms. The van der Waals surface area contributed by atoms with Crippen LogP contribution in [0.1, 0.15) is 32.3 Å². The van der Waals surface area contributed by atoms with Gasteiger partial charge in [0.25, 0.3) is 0 Å². The van der Waals surface area contributed by atoms with Crippen molar-refractivity contribution < 1.29 is 0 Å². The first-order chi connectivity index (χ1) is 8.09. The highest BCUT2D eigenvalue weighted by molar-refractivity contribution is 8.14. The van der Waals surface area contributed by atoms with Crippen LogP contribution in [0.4, 0.5) is 5.69 Å². The molecule has 2 rings (SSSR count). The lowest BCUT2D eigenvalue weighted by molar-refractivity contribution is 0.660. The summed E-state index contributed by atoms with van der Waals surface area (Å²) in [6.07, 6.45) is 0. The predicted molar refractivity (Wildman–Crippen MR) is 77.2 cm³/mol. The molecule has 1 aromatic rings. The third-order valence-corrected chi connectivity index (χ3v) is 4.32. The Labute approximate surface area is 108 Å². The minimum Gasteiger partial charge on any atom is -0.321 e. The van der Waals surface area contributed by atoms with E-state index in [4.69, 9.17) is 5.41 Å². The SMILES string of the molecule is CC1CSC(=N)N(c2ccccc2C(C)C)C1. The number of rotatable bonds is 2. The van der Waals surface area contributed by atoms with Crippen LogP contribution in [0.25, 0.3) is 0 Å². The zero-order valence-electron chi connectivity index (χ0n) is 10.7. The highest BCUT2D eigenvalue weighted by Gasteiger charge is 2.24. The van der Waals surface area contributed by atoms with Crippen molar-refractivity contribution in [2.45, 2.75) is 26.7 Å². The van der Waals surface area contributed by atoms with Gasteiger partial charge in [-0.2, -0.15) is 0 Å². The van der Waals surface area contributed by atoms with Gasteiger partial charge >= 0.3 is 0 Å². The lowest BCUT2D eigenvalue weighted by Crippen LogP contribution is -2.38. The van der Waals surface area contributed by atoms with Gasteiger partial charge in [0.2, 0.25) is 0 Å². The summed E-state index contributed by atoms with van der Waals surface area (Å²) in [6.45, 7) is 7.64. The minimum absolute atomic E-state index is 0.501. The second-order valence-electron chi connectivity index (χ2n) is 5.05. The van der Waals surface area contributed by atoms with Crippen LogP contribution in [0.2, 0.25) is 0 Å². The first-order valence-electron chi connectivity index (χ1n) is 6.17. The number of amidine groups is 1. The molecule has 1 fully saturated rings. The van der Waals surface area contributed by atoms with E-state index in [0.29, 0.717) is 17.0 Å². The highest BCUT2D eigenvalue weighted by Crippen LogP contribution is 2.32. The Kier molecular flexibility index (Phi) is 3.77. The van der Waals surface area contributed by atoms with E-state index in [0.717, 1.165) is 12.3 Å². The van der Waals surface area contributed by atoms with Gasteiger partial charge in [0.15, 0.2) is 5.17 Å². The van der Waals surface area contributed by atoms with Gasteiger partial charge in [-0.3, -0.25) is 5.41 Å². The van der Waals surface area contributed by atoms with Crippen LogP contribution in [0, 0.1) is 11.3 Å².